The zero-order valence-electron chi connectivity index (χ0n) is 9.31. The number of rotatable bonds is 4. The molecule has 0 amide bonds. The molecular weight excluding hydrogens is 192 g/mol. The first kappa shape index (κ1) is 11.6. The second-order valence-electron chi connectivity index (χ2n) is 4.23. The van der Waals surface area contributed by atoms with E-state index in [1.807, 2.05) is 0 Å². The van der Waals surface area contributed by atoms with E-state index in [1.165, 1.54) is 24.0 Å². The van der Waals surface area contributed by atoms with Gasteiger partial charge in [0.1, 0.15) is 0 Å². The molecule has 1 aromatic rings. The van der Waals surface area contributed by atoms with E-state index in [-0.39, 0.29) is 4.87 Å². The third kappa shape index (κ3) is 3.02. The van der Waals surface area contributed by atoms with E-state index in [9.17, 15) is 0 Å². The Morgan fingerprint density at radius 2 is 1.86 bits per heavy atom. The molecular formula is C13H19Cl. The summed E-state index contributed by atoms with van der Waals surface area (Å²) in [5.41, 5.74) is 2.67. The minimum Gasteiger partial charge on any atom is -0.115 e. The lowest BCUT2D eigenvalue weighted by Gasteiger charge is -2.20. The van der Waals surface area contributed by atoms with Gasteiger partial charge in [-0.25, -0.2) is 0 Å². The van der Waals surface area contributed by atoms with Crippen molar-refractivity contribution in [2.75, 3.05) is 0 Å². The zero-order chi connectivity index (χ0) is 10.6. The summed E-state index contributed by atoms with van der Waals surface area (Å²) in [7, 11) is 0. The molecule has 0 bridgehead atoms. The van der Waals surface area contributed by atoms with Crippen molar-refractivity contribution in [2.45, 2.75) is 44.9 Å². The number of hydrogen-bond donors (Lipinski definition) is 0. The third-order valence-electron chi connectivity index (χ3n) is 2.46. The van der Waals surface area contributed by atoms with Crippen LogP contribution in [0.4, 0.5) is 0 Å². The van der Waals surface area contributed by atoms with Crippen molar-refractivity contribution in [1.29, 1.82) is 0 Å². The molecule has 0 N–H and O–H groups in total. The number of halogens is 1. The Kier molecular flexibility index (Phi) is 4.00. The first-order valence-corrected chi connectivity index (χ1v) is 5.70. The second-order valence-corrected chi connectivity index (χ2v) is 5.18. The van der Waals surface area contributed by atoms with Crippen LogP contribution in [0.25, 0.3) is 0 Å². The van der Waals surface area contributed by atoms with Crippen LogP contribution < -0.4 is 0 Å². The molecule has 1 aromatic carbocycles. The molecule has 0 spiro atoms. The lowest BCUT2D eigenvalue weighted by atomic mass is 9.93. The number of benzene rings is 1. The molecule has 1 rings (SSSR count). The summed E-state index contributed by atoms with van der Waals surface area (Å²) in [6, 6.07) is 8.49. The molecule has 0 aliphatic heterocycles. The Hall–Kier alpha value is -0.490. The van der Waals surface area contributed by atoms with Crippen LogP contribution in [0, 0.1) is 0 Å². The lowest BCUT2D eigenvalue weighted by Crippen LogP contribution is -2.10. The minimum absolute atomic E-state index is 0.246. The SMILES string of the molecule is CCCCc1ccccc1C(C)(C)Cl. The first-order valence-electron chi connectivity index (χ1n) is 5.33. The molecule has 0 saturated heterocycles. The molecule has 0 fully saturated rings. The average Bonchev–Trinajstić information content (AvgIpc) is 2.14. The van der Waals surface area contributed by atoms with Crippen molar-refractivity contribution >= 4 is 11.6 Å². The van der Waals surface area contributed by atoms with Gasteiger partial charge < -0.3 is 0 Å². The molecule has 0 unspecified atom stereocenters. The van der Waals surface area contributed by atoms with Crippen LogP contribution in [-0.2, 0) is 11.3 Å². The Morgan fingerprint density at radius 3 is 2.43 bits per heavy atom. The smallest absolute Gasteiger partial charge is 0.0641 e. The van der Waals surface area contributed by atoms with E-state index in [0.29, 0.717) is 0 Å². The summed E-state index contributed by atoms with van der Waals surface area (Å²) >= 11 is 6.34. The van der Waals surface area contributed by atoms with E-state index in [2.05, 4.69) is 45.0 Å². The van der Waals surface area contributed by atoms with Crippen LogP contribution in [0.5, 0.6) is 0 Å². The summed E-state index contributed by atoms with van der Waals surface area (Å²) in [5.74, 6) is 0. The summed E-state index contributed by atoms with van der Waals surface area (Å²) in [6.45, 7) is 6.33. The highest BCUT2D eigenvalue weighted by molar-refractivity contribution is 6.23. The van der Waals surface area contributed by atoms with Gasteiger partial charge in [0, 0.05) is 0 Å². The van der Waals surface area contributed by atoms with Crippen molar-refractivity contribution < 1.29 is 0 Å². The number of unbranched alkanes of at least 4 members (excludes halogenated alkanes) is 1. The average molecular weight is 211 g/mol. The van der Waals surface area contributed by atoms with Crippen LogP contribution in [-0.4, -0.2) is 0 Å². The predicted octanol–water partition coefficient (Wildman–Crippen LogP) is 4.50. The molecule has 0 aliphatic rings. The minimum atomic E-state index is -0.246. The standard InChI is InChI=1S/C13H19Cl/c1-4-5-8-11-9-6-7-10-12(11)13(2,3)14/h6-7,9-10H,4-5,8H2,1-3H3. The van der Waals surface area contributed by atoms with Crippen molar-refractivity contribution in [2.24, 2.45) is 0 Å². The maximum absolute atomic E-state index is 6.34. The van der Waals surface area contributed by atoms with Gasteiger partial charge in [0.2, 0.25) is 0 Å². The summed E-state index contributed by atoms with van der Waals surface area (Å²) in [6.07, 6.45) is 3.61. The van der Waals surface area contributed by atoms with Crippen LogP contribution in [0.2, 0.25) is 0 Å². The van der Waals surface area contributed by atoms with Gasteiger partial charge in [-0.15, -0.1) is 11.6 Å². The zero-order valence-corrected chi connectivity index (χ0v) is 10.1. The topological polar surface area (TPSA) is 0 Å². The Morgan fingerprint density at radius 1 is 1.21 bits per heavy atom. The highest BCUT2D eigenvalue weighted by Gasteiger charge is 2.19. The van der Waals surface area contributed by atoms with E-state index >= 15 is 0 Å². The fourth-order valence-electron chi connectivity index (χ4n) is 1.69. The molecule has 78 valence electrons. The van der Waals surface area contributed by atoms with Gasteiger partial charge >= 0.3 is 0 Å². The third-order valence-corrected chi connectivity index (χ3v) is 2.66. The van der Waals surface area contributed by atoms with Crippen molar-refractivity contribution in [3.05, 3.63) is 35.4 Å². The van der Waals surface area contributed by atoms with Crippen molar-refractivity contribution in [3.63, 3.8) is 0 Å². The Balaban J connectivity index is 2.92. The van der Waals surface area contributed by atoms with Gasteiger partial charge in [-0.2, -0.15) is 0 Å². The highest BCUT2D eigenvalue weighted by Crippen LogP contribution is 2.30. The maximum Gasteiger partial charge on any atom is 0.0641 e. The Labute approximate surface area is 92.3 Å². The molecule has 0 aromatic heterocycles. The van der Waals surface area contributed by atoms with E-state index in [1.54, 1.807) is 0 Å². The molecule has 0 saturated carbocycles. The fraction of sp³-hybridized carbons (Fsp3) is 0.538. The maximum atomic E-state index is 6.34. The summed E-state index contributed by atoms with van der Waals surface area (Å²) in [4.78, 5) is -0.246. The van der Waals surface area contributed by atoms with E-state index < -0.39 is 0 Å². The predicted molar refractivity (Wildman–Crippen MR) is 63.9 cm³/mol. The largest absolute Gasteiger partial charge is 0.115 e. The number of aryl methyl sites for hydroxylation is 1. The molecule has 1 heteroatoms. The molecule has 0 nitrogen and oxygen atoms in total. The van der Waals surface area contributed by atoms with Gasteiger partial charge in [0.25, 0.3) is 0 Å². The van der Waals surface area contributed by atoms with Crippen LogP contribution in [0.15, 0.2) is 24.3 Å². The molecule has 14 heavy (non-hydrogen) atoms. The lowest BCUT2D eigenvalue weighted by molar-refractivity contribution is 0.726. The first-order chi connectivity index (χ1) is 6.55. The molecule has 0 aliphatic carbocycles. The van der Waals surface area contributed by atoms with Gasteiger partial charge in [-0.1, -0.05) is 37.6 Å². The van der Waals surface area contributed by atoms with Crippen LogP contribution in [0.3, 0.4) is 0 Å². The monoisotopic (exact) mass is 210 g/mol. The van der Waals surface area contributed by atoms with Gasteiger partial charge in [0.05, 0.1) is 4.87 Å². The summed E-state index contributed by atoms with van der Waals surface area (Å²) < 4.78 is 0. The van der Waals surface area contributed by atoms with Crippen LogP contribution >= 0.6 is 11.6 Å². The summed E-state index contributed by atoms with van der Waals surface area (Å²) in [5, 5.41) is 0. The fourth-order valence-corrected chi connectivity index (χ4v) is 1.87. The quantitative estimate of drug-likeness (QED) is 0.642. The van der Waals surface area contributed by atoms with Gasteiger partial charge in [-0.05, 0) is 37.8 Å². The van der Waals surface area contributed by atoms with Gasteiger partial charge in [0.15, 0.2) is 0 Å². The van der Waals surface area contributed by atoms with Crippen LogP contribution in [0.1, 0.15) is 44.7 Å². The second kappa shape index (κ2) is 4.84. The van der Waals surface area contributed by atoms with E-state index in [0.717, 1.165) is 6.42 Å². The highest BCUT2D eigenvalue weighted by atomic mass is 35.5. The van der Waals surface area contributed by atoms with Gasteiger partial charge in [-0.3, -0.25) is 0 Å². The number of hydrogen-bond acceptors (Lipinski definition) is 0. The van der Waals surface area contributed by atoms with Crippen molar-refractivity contribution in [1.82, 2.24) is 0 Å². The molecule has 0 atom stereocenters. The normalized spacial score (nSPS) is 11.7. The van der Waals surface area contributed by atoms with E-state index in [4.69, 9.17) is 11.6 Å². The number of alkyl halides is 1. The molecule has 0 heterocycles. The van der Waals surface area contributed by atoms with Crippen molar-refractivity contribution in [3.8, 4) is 0 Å². The molecule has 0 radical (unpaired) electrons. The Bertz CT molecular complexity index is 284.